The Hall–Kier alpha value is -1.07. The van der Waals surface area contributed by atoms with Crippen molar-refractivity contribution in [3.8, 4) is 0 Å². The summed E-state index contributed by atoms with van der Waals surface area (Å²) in [5, 5.41) is 0. The molecule has 0 aliphatic carbocycles. The Morgan fingerprint density at radius 1 is 1.56 bits per heavy atom. The van der Waals surface area contributed by atoms with Gasteiger partial charge in [0.15, 0.2) is 0 Å². The molecule has 0 saturated heterocycles. The molecule has 4 nitrogen and oxygen atoms in total. The molecule has 1 aromatic heterocycles. The fraction of sp³-hybridized carbons (Fsp3) is 0.455. The summed E-state index contributed by atoms with van der Waals surface area (Å²) in [4.78, 5) is 18.9. The van der Waals surface area contributed by atoms with Crippen LogP contribution in [0, 0.1) is 6.92 Å². The molecule has 0 amide bonds. The van der Waals surface area contributed by atoms with Gasteiger partial charge in [0.05, 0.1) is 17.9 Å². The summed E-state index contributed by atoms with van der Waals surface area (Å²) in [6.07, 6.45) is 2.00. The second-order valence-corrected chi connectivity index (χ2v) is 4.64. The smallest absolute Gasteiger partial charge is 0.255 e. The number of hydrogen-bond donors (Lipinski definition) is 1. The van der Waals surface area contributed by atoms with E-state index in [4.69, 9.17) is 4.74 Å². The molecule has 2 heterocycles. The molecule has 1 N–H and O–H groups in total. The molecule has 0 saturated carbocycles. The number of aromatic amines is 1. The molecule has 0 atom stereocenters. The number of thioether (sulfide) groups is 1. The zero-order chi connectivity index (χ0) is 11.5. The van der Waals surface area contributed by atoms with Crippen molar-refractivity contribution in [3.63, 3.8) is 0 Å². The summed E-state index contributed by atoms with van der Waals surface area (Å²) < 4.78 is 5.02. The second kappa shape index (κ2) is 4.84. The van der Waals surface area contributed by atoms with E-state index in [1.54, 1.807) is 25.8 Å². The Kier molecular flexibility index (Phi) is 3.46. The molecule has 0 spiro atoms. The van der Waals surface area contributed by atoms with Crippen LogP contribution in [0.3, 0.4) is 0 Å². The lowest BCUT2D eigenvalue weighted by Crippen LogP contribution is -2.21. The highest BCUT2D eigenvalue weighted by Gasteiger charge is 2.19. The fourth-order valence-corrected chi connectivity index (χ4v) is 2.73. The van der Waals surface area contributed by atoms with Crippen molar-refractivity contribution in [2.24, 2.45) is 0 Å². The first-order valence-electron chi connectivity index (χ1n) is 5.08. The molecule has 0 fully saturated rings. The van der Waals surface area contributed by atoms with Crippen LogP contribution in [0.4, 0.5) is 0 Å². The largest absolute Gasteiger partial charge is 0.381 e. The molecule has 2 rings (SSSR count). The van der Waals surface area contributed by atoms with Crippen LogP contribution in [-0.2, 0) is 10.5 Å². The fourth-order valence-electron chi connectivity index (χ4n) is 1.68. The van der Waals surface area contributed by atoms with E-state index >= 15 is 0 Å². The quantitative estimate of drug-likeness (QED) is 0.845. The molecular weight excluding hydrogens is 224 g/mol. The van der Waals surface area contributed by atoms with Gasteiger partial charge in [-0.25, -0.2) is 4.98 Å². The van der Waals surface area contributed by atoms with Gasteiger partial charge in [-0.1, -0.05) is 6.08 Å². The summed E-state index contributed by atoms with van der Waals surface area (Å²) in [6.45, 7) is 2.36. The number of aromatic nitrogens is 2. The number of hydrogen-bond acceptors (Lipinski definition) is 4. The maximum absolute atomic E-state index is 11.7. The lowest BCUT2D eigenvalue weighted by molar-refractivity contribution is 0.234. The molecular formula is C11H14N2O2S. The summed E-state index contributed by atoms with van der Waals surface area (Å²) in [5.74, 6) is 2.30. The van der Waals surface area contributed by atoms with Crippen molar-refractivity contribution in [2.45, 2.75) is 12.7 Å². The predicted octanol–water partition coefficient (Wildman–Crippen LogP) is 1.35. The second-order valence-electron chi connectivity index (χ2n) is 3.66. The van der Waals surface area contributed by atoms with Crippen LogP contribution in [0.25, 0.3) is 5.57 Å². The van der Waals surface area contributed by atoms with E-state index in [-0.39, 0.29) is 5.56 Å². The molecule has 0 aromatic carbocycles. The van der Waals surface area contributed by atoms with E-state index in [1.807, 2.05) is 6.08 Å². The SMILES string of the molecule is COC/C=C1/CSCc2c1nc(C)[nH]c2=O. The Balaban J connectivity index is 2.49. The highest BCUT2D eigenvalue weighted by molar-refractivity contribution is 7.99. The maximum Gasteiger partial charge on any atom is 0.255 e. The first kappa shape index (κ1) is 11.4. The number of aryl methyl sites for hydroxylation is 1. The number of methoxy groups -OCH3 is 1. The minimum Gasteiger partial charge on any atom is -0.381 e. The van der Waals surface area contributed by atoms with E-state index in [0.29, 0.717) is 12.4 Å². The lowest BCUT2D eigenvalue weighted by atomic mass is 10.1. The Bertz CT molecular complexity index is 479. The molecule has 1 aliphatic heterocycles. The topological polar surface area (TPSA) is 55.0 Å². The zero-order valence-corrected chi connectivity index (χ0v) is 10.2. The minimum atomic E-state index is -0.0157. The normalized spacial score (nSPS) is 17.5. The van der Waals surface area contributed by atoms with E-state index in [1.165, 1.54) is 0 Å². The lowest BCUT2D eigenvalue weighted by Gasteiger charge is -2.17. The van der Waals surface area contributed by atoms with Crippen LogP contribution in [0.1, 0.15) is 17.1 Å². The van der Waals surface area contributed by atoms with Crippen LogP contribution in [0.2, 0.25) is 0 Å². The number of nitrogens with one attached hydrogen (secondary N) is 1. The average molecular weight is 238 g/mol. The van der Waals surface area contributed by atoms with Crippen LogP contribution >= 0.6 is 11.8 Å². The monoisotopic (exact) mass is 238 g/mol. The number of fused-ring (bicyclic) bond motifs is 1. The van der Waals surface area contributed by atoms with Gasteiger partial charge in [-0.15, -0.1) is 0 Å². The van der Waals surface area contributed by atoms with Gasteiger partial charge in [-0.05, 0) is 12.5 Å². The summed E-state index contributed by atoms with van der Waals surface area (Å²) >= 11 is 1.73. The highest BCUT2D eigenvalue weighted by atomic mass is 32.2. The van der Waals surface area contributed by atoms with Crippen LogP contribution < -0.4 is 5.56 Å². The van der Waals surface area contributed by atoms with Gasteiger partial charge in [-0.2, -0.15) is 11.8 Å². The molecule has 16 heavy (non-hydrogen) atoms. The summed E-state index contributed by atoms with van der Waals surface area (Å²) in [6, 6.07) is 0. The molecule has 0 unspecified atom stereocenters. The van der Waals surface area contributed by atoms with Crippen molar-refractivity contribution < 1.29 is 4.74 Å². The van der Waals surface area contributed by atoms with Gasteiger partial charge in [0.1, 0.15) is 5.82 Å². The molecule has 86 valence electrons. The van der Waals surface area contributed by atoms with Crippen molar-refractivity contribution in [1.82, 2.24) is 9.97 Å². The van der Waals surface area contributed by atoms with Crippen molar-refractivity contribution in [2.75, 3.05) is 19.5 Å². The zero-order valence-electron chi connectivity index (χ0n) is 9.37. The Morgan fingerprint density at radius 2 is 2.38 bits per heavy atom. The number of H-pyrrole nitrogens is 1. The molecule has 0 bridgehead atoms. The van der Waals surface area contributed by atoms with Gasteiger partial charge in [-0.3, -0.25) is 4.79 Å². The number of ether oxygens (including phenoxy) is 1. The summed E-state index contributed by atoms with van der Waals surface area (Å²) in [5.41, 5.74) is 2.71. The molecule has 1 aliphatic rings. The Labute approximate surface area is 98.1 Å². The first-order chi connectivity index (χ1) is 7.72. The van der Waals surface area contributed by atoms with Gasteiger partial charge >= 0.3 is 0 Å². The first-order valence-corrected chi connectivity index (χ1v) is 6.23. The predicted molar refractivity (Wildman–Crippen MR) is 65.6 cm³/mol. The molecule has 0 radical (unpaired) electrons. The van der Waals surface area contributed by atoms with Crippen molar-refractivity contribution in [1.29, 1.82) is 0 Å². The van der Waals surface area contributed by atoms with Crippen LogP contribution in [0.5, 0.6) is 0 Å². The van der Waals surface area contributed by atoms with Crippen molar-refractivity contribution in [3.05, 3.63) is 33.5 Å². The number of rotatable bonds is 2. The van der Waals surface area contributed by atoms with Gasteiger partial charge in [0.2, 0.25) is 0 Å². The summed E-state index contributed by atoms with van der Waals surface area (Å²) in [7, 11) is 1.66. The van der Waals surface area contributed by atoms with E-state index in [0.717, 1.165) is 28.3 Å². The van der Waals surface area contributed by atoms with Gasteiger partial charge in [0.25, 0.3) is 5.56 Å². The highest BCUT2D eigenvalue weighted by Crippen LogP contribution is 2.28. The molecule has 5 heteroatoms. The number of nitrogens with zero attached hydrogens (tertiary/aromatic N) is 1. The van der Waals surface area contributed by atoms with Gasteiger partial charge < -0.3 is 9.72 Å². The average Bonchev–Trinajstić information content (AvgIpc) is 2.26. The third kappa shape index (κ3) is 2.20. The standard InChI is InChI=1S/C11H14N2O2S/c1-7-12-10-8(3-4-15-2)5-16-6-9(10)11(14)13-7/h3H,4-6H2,1-2H3,(H,12,13,14)/b8-3-. The third-order valence-corrected chi connectivity index (χ3v) is 3.45. The third-order valence-electron chi connectivity index (χ3n) is 2.44. The van der Waals surface area contributed by atoms with Crippen molar-refractivity contribution >= 4 is 17.3 Å². The van der Waals surface area contributed by atoms with E-state index < -0.39 is 0 Å². The maximum atomic E-state index is 11.7. The minimum absolute atomic E-state index is 0.0157. The van der Waals surface area contributed by atoms with Gasteiger partial charge in [0, 0.05) is 18.6 Å². The molecule has 1 aromatic rings. The van der Waals surface area contributed by atoms with Crippen LogP contribution in [0.15, 0.2) is 10.9 Å². The van der Waals surface area contributed by atoms with E-state index in [9.17, 15) is 4.79 Å². The van der Waals surface area contributed by atoms with E-state index in [2.05, 4.69) is 9.97 Å². The Morgan fingerprint density at radius 3 is 3.12 bits per heavy atom. The van der Waals surface area contributed by atoms with Crippen LogP contribution in [-0.4, -0.2) is 29.4 Å².